The van der Waals surface area contributed by atoms with Crippen LogP contribution >= 0.6 is 11.3 Å². The van der Waals surface area contributed by atoms with Crippen molar-refractivity contribution in [2.24, 2.45) is 0 Å². The van der Waals surface area contributed by atoms with Crippen molar-refractivity contribution in [3.63, 3.8) is 0 Å². The monoisotopic (exact) mass is 333 g/mol. The smallest absolute Gasteiger partial charge is 0.220 e. The van der Waals surface area contributed by atoms with Crippen molar-refractivity contribution < 1.29 is 14.3 Å². The van der Waals surface area contributed by atoms with Gasteiger partial charge in [0.15, 0.2) is 0 Å². The van der Waals surface area contributed by atoms with Gasteiger partial charge in [-0.25, -0.2) is 0 Å². The van der Waals surface area contributed by atoms with Crippen LogP contribution in [-0.4, -0.2) is 26.2 Å². The van der Waals surface area contributed by atoms with E-state index in [0.29, 0.717) is 19.6 Å². The molecule has 0 aliphatic rings. The molecule has 2 aromatic rings. The number of amides is 1. The maximum atomic E-state index is 11.7. The molecule has 0 spiro atoms. The molecule has 1 amide bonds. The van der Waals surface area contributed by atoms with E-state index in [1.165, 1.54) is 4.88 Å². The third-order valence-electron chi connectivity index (χ3n) is 3.41. The third kappa shape index (κ3) is 6.74. The fraction of sp³-hybridized carbons (Fsp3) is 0.389. The second-order valence-corrected chi connectivity index (χ2v) is 6.19. The summed E-state index contributed by atoms with van der Waals surface area (Å²) >= 11 is 1.77. The molecular weight excluding hydrogens is 310 g/mol. The molecule has 1 N–H and O–H groups in total. The number of unbranched alkanes of at least 4 members (excludes halogenated alkanes) is 1. The standard InChI is InChI=1S/C18H23NO3S/c1-21-15-8-10-16(11-9-15)22-13-12-19-18(20)7-3-2-5-17-6-4-14-23-17/h4,6,8-11,14H,2-3,5,7,12-13H2,1H3,(H,19,20). The van der Waals surface area contributed by atoms with Crippen molar-refractivity contribution >= 4 is 17.2 Å². The molecule has 0 radical (unpaired) electrons. The first-order valence-electron chi connectivity index (χ1n) is 7.84. The van der Waals surface area contributed by atoms with Crippen molar-refractivity contribution in [1.29, 1.82) is 0 Å². The molecule has 5 heteroatoms. The molecule has 1 aromatic heterocycles. The Morgan fingerprint density at radius 3 is 2.61 bits per heavy atom. The van der Waals surface area contributed by atoms with Gasteiger partial charge in [0.05, 0.1) is 13.7 Å². The lowest BCUT2D eigenvalue weighted by molar-refractivity contribution is -0.121. The number of ether oxygens (including phenoxy) is 2. The molecule has 0 fully saturated rings. The van der Waals surface area contributed by atoms with E-state index < -0.39 is 0 Å². The van der Waals surface area contributed by atoms with Gasteiger partial charge in [0.25, 0.3) is 0 Å². The van der Waals surface area contributed by atoms with E-state index >= 15 is 0 Å². The minimum Gasteiger partial charge on any atom is -0.497 e. The van der Waals surface area contributed by atoms with Crippen molar-refractivity contribution in [3.8, 4) is 11.5 Å². The molecule has 0 bridgehead atoms. The van der Waals surface area contributed by atoms with E-state index in [2.05, 4.69) is 22.8 Å². The SMILES string of the molecule is COc1ccc(OCCNC(=O)CCCCc2cccs2)cc1. The van der Waals surface area contributed by atoms with Crippen LogP contribution in [-0.2, 0) is 11.2 Å². The Hall–Kier alpha value is -2.01. The highest BCUT2D eigenvalue weighted by Gasteiger charge is 2.02. The Bertz CT molecular complexity index is 566. The molecular formula is C18H23NO3S. The number of hydrogen-bond donors (Lipinski definition) is 1. The van der Waals surface area contributed by atoms with Crippen LogP contribution < -0.4 is 14.8 Å². The van der Waals surface area contributed by atoms with Crippen LogP contribution in [0.2, 0.25) is 0 Å². The van der Waals surface area contributed by atoms with Gasteiger partial charge >= 0.3 is 0 Å². The largest absolute Gasteiger partial charge is 0.497 e. The lowest BCUT2D eigenvalue weighted by Gasteiger charge is -2.08. The second-order valence-electron chi connectivity index (χ2n) is 5.16. The number of hydrogen-bond acceptors (Lipinski definition) is 4. The molecule has 23 heavy (non-hydrogen) atoms. The van der Waals surface area contributed by atoms with Gasteiger partial charge in [-0.3, -0.25) is 4.79 Å². The molecule has 0 aliphatic heterocycles. The summed E-state index contributed by atoms with van der Waals surface area (Å²) in [4.78, 5) is 13.1. The number of rotatable bonds is 10. The zero-order chi connectivity index (χ0) is 16.3. The third-order valence-corrected chi connectivity index (χ3v) is 4.35. The zero-order valence-electron chi connectivity index (χ0n) is 13.4. The molecule has 4 nitrogen and oxygen atoms in total. The van der Waals surface area contributed by atoms with Gasteiger partial charge in [-0.15, -0.1) is 11.3 Å². The van der Waals surface area contributed by atoms with Crippen LogP contribution in [0.1, 0.15) is 24.1 Å². The number of thiophene rings is 1. The maximum Gasteiger partial charge on any atom is 0.220 e. The highest BCUT2D eigenvalue weighted by molar-refractivity contribution is 7.09. The van der Waals surface area contributed by atoms with Crippen molar-refractivity contribution in [2.75, 3.05) is 20.3 Å². The summed E-state index contributed by atoms with van der Waals surface area (Å²) in [5, 5.41) is 4.97. The van der Waals surface area contributed by atoms with Gasteiger partial charge in [-0.2, -0.15) is 0 Å². The summed E-state index contributed by atoms with van der Waals surface area (Å²) in [7, 11) is 1.63. The average molecular weight is 333 g/mol. The Kier molecular flexibility index (Phi) is 7.46. The van der Waals surface area contributed by atoms with Gasteiger partial charge in [0, 0.05) is 11.3 Å². The fourth-order valence-electron chi connectivity index (χ4n) is 2.16. The van der Waals surface area contributed by atoms with Gasteiger partial charge in [0.1, 0.15) is 18.1 Å². The van der Waals surface area contributed by atoms with E-state index in [1.807, 2.05) is 24.3 Å². The predicted molar refractivity (Wildman–Crippen MR) is 93.4 cm³/mol. The number of methoxy groups -OCH3 is 1. The summed E-state index contributed by atoms with van der Waals surface area (Å²) in [6, 6.07) is 11.6. The fourth-order valence-corrected chi connectivity index (χ4v) is 2.91. The minimum atomic E-state index is 0.0921. The van der Waals surface area contributed by atoms with E-state index in [0.717, 1.165) is 30.8 Å². The molecule has 0 saturated carbocycles. The summed E-state index contributed by atoms with van der Waals surface area (Å²) in [6.45, 7) is 0.989. The predicted octanol–water partition coefficient (Wildman–Crippen LogP) is 3.66. The summed E-state index contributed by atoms with van der Waals surface area (Å²) in [6.07, 6.45) is 3.61. The Balaban J connectivity index is 1.50. The van der Waals surface area contributed by atoms with Crippen LogP contribution in [0.15, 0.2) is 41.8 Å². The Morgan fingerprint density at radius 2 is 1.91 bits per heavy atom. The Labute approximate surface area is 141 Å². The maximum absolute atomic E-state index is 11.7. The molecule has 0 atom stereocenters. The summed E-state index contributed by atoms with van der Waals surface area (Å²) in [5.41, 5.74) is 0. The summed E-state index contributed by atoms with van der Waals surface area (Å²) in [5.74, 6) is 1.67. The van der Waals surface area contributed by atoms with Crippen LogP contribution in [0.25, 0.3) is 0 Å². The van der Waals surface area contributed by atoms with Crippen molar-refractivity contribution in [3.05, 3.63) is 46.7 Å². The number of benzene rings is 1. The highest BCUT2D eigenvalue weighted by Crippen LogP contribution is 2.16. The Morgan fingerprint density at radius 1 is 1.13 bits per heavy atom. The number of aryl methyl sites for hydroxylation is 1. The van der Waals surface area contributed by atoms with Gasteiger partial charge in [0.2, 0.25) is 5.91 Å². The molecule has 124 valence electrons. The quantitative estimate of drug-likeness (QED) is 0.675. The lowest BCUT2D eigenvalue weighted by atomic mass is 10.1. The second kappa shape index (κ2) is 9.90. The first-order valence-corrected chi connectivity index (χ1v) is 8.72. The van der Waals surface area contributed by atoms with E-state index in [4.69, 9.17) is 9.47 Å². The van der Waals surface area contributed by atoms with E-state index in [-0.39, 0.29) is 5.91 Å². The topological polar surface area (TPSA) is 47.6 Å². The number of nitrogens with one attached hydrogen (secondary N) is 1. The van der Waals surface area contributed by atoms with Crippen LogP contribution in [0.5, 0.6) is 11.5 Å². The molecule has 0 unspecified atom stereocenters. The molecule has 1 heterocycles. The van der Waals surface area contributed by atoms with Crippen molar-refractivity contribution in [1.82, 2.24) is 5.32 Å². The van der Waals surface area contributed by atoms with Gasteiger partial charge < -0.3 is 14.8 Å². The molecule has 0 aliphatic carbocycles. The van der Waals surface area contributed by atoms with Crippen molar-refractivity contribution in [2.45, 2.75) is 25.7 Å². The van der Waals surface area contributed by atoms with Crippen LogP contribution in [0.4, 0.5) is 0 Å². The van der Waals surface area contributed by atoms with Gasteiger partial charge in [-0.05, 0) is 55.0 Å². The van der Waals surface area contributed by atoms with E-state index in [1.54, 1.807) is 18.4 Å². The summed E-state index contributed by atoms with van der Waals surface area (Å²) < 4.78 is 10.6. The molecule has 2 rings (SSSR count). The van der Waals surface area contributed by atoms with Crippen LogP contribution in [0.3, 0.4) is 0 Å². The first kappa shape index (κ1) is 17.3. The molecule has 1 aromatic carbocycles. The normalized spacial score (nSPS) is 10.3. The lowest BCUT2D eigenvalue weighted by Crippen LogP contribution is -2.27. The molecule has 0 saturated heterocycles. The van der Waals surface area contributed by atoms with Gasteiger partial charge in [-0.1, -0.05) is 6.07 Å². The van der Waals surface area contributed by atoms with Crippen LogP contribution in [0, 0.1) is 0 Å². The average Bonchev–Trinajstić information content (AvgIpc) is 3.09. The number of carbonyl (C=O) groups is 1. The number of carbonyl (C=O) groups excluding carboxylic acids is 1. The minimum absolute atomic E-state index is 0.0921. The highest BCUT2D eigenvalue weighted by atomic mass is 32.1. The van der Waals surface area contributed by atoms with E-state index in [9.17, 15) is 4.79 Å². The zero-order valence-corrected chi connectivity index (χ0v) is 14.2. The first-order chi connectivity index (χ1) is 11.3.